The maximum atomic E-state index is 11.7. The summed E-state index contributed by atoms with van der Waals surface area (Å²) in [4.78, 5) is 11.7. The highest BCUT2D eigenvalue weighted by molar-refractivity contribution is 14.1. The molecule has 2 rings (SSSR count). The molecule has 0 spiro atoms. The number of nitrogens with zero attached hydrogens (tertiary/aromatic N) is 2. The van der Waals surface area contributed by atoms with E-state index in [1.165, 1.54) is 7.11 Å². The molecule has 0 aliphatic carbocycles. The number of rotatable bonds is 5. The first kappa shape index (κ1) is 15.7. The van der Waals surface area contributed by atoms with Crippen molar-refractivity contribution in [2.24, 2.45) is 0 Å². The average Bonchev–Trinajstić information content (AvgIpc) is 2.75. The van der Waals surface area contributed by atoms with Gasteiger partial charge in [-0.1, -0.05) is 0 Å². The molecule has 0 radical (unpaired) electrons. The van der Waals surface area contributed by atoms with Gasteiger partial charge in [0.2, 0.25) is 0 Å². The number of benzene rings is 1. The van der Waals surface area contributed by atoms with Gasteiger partial charge in [0.25, 0.3) is 0 Å². The lowest BCUT2D eigenvalue weighted by molar-refractivity contribution is 0.0601. The minimum atomic E-state index is -0.342. The van der Waals surface area contributed by atoms with Gasteiger partial charge in [0.15, 0.2) is 0 Å². The van der Waals surface area contributed by atoms with Crippen LogP contribution in [0.4, 0.5) is 0 Å². The number of carbonyl (C=O) groups is 1. The molecule has 7 heteroatoms. The number of hydrogen-bond donors (Lipinski definition) is 0. The Kier molecular flexibility index (Phi) is 5.39. The molecule has 0 bridgehead atoms. The van der Waals surface area contributed by atoms with Crippen LogP contribution in [0.3, 0.4) is 0 Å². The fraction of sp³-hybridized carbons (Fsp3) is 0.385. The van der Waals surface area contributed by atoms with E-state index in [4.69, 9.17) is 9.47 Å². The molecule has 0 amide bonds. The van der Waals surface area contributed by atoms with Gasteiger partial charge in [-0.3, -0.25) is 4.68 Å². The third kappa shape index (κ3) is 3.15. The van der Waals surface area contributed by atoms with Crippen molar-refractivity contribution in [1.29, 1.82) is 0 Å². The van der Waals surface area contributed by atoms with Gasteiger partial charge in [0, 0.05) is 29.2 Å². The van der Waals surface area contributed by atoms with Crippen molar-refractivity contribution in [3.8, 4) is 0 Å². The van der Waals surface area contributed by atoms with E-state index in [9.17, 15) is 4.79 Å². The number of carbonyl (C=O) groups excluding carboxylic acids is 1. The normalized spacial score (nSPS) is 11.0. The van der Waals surface area contributed by atoms with E-state index in [1.807, 2.05) is 10.7 Å². The van der Waals surface area contributed by atoms with Crippen LogP contribution in [0.1, 0.15) is 16.8 Å². The molecule has 0 fully saturated rings. The first-order chi connectivity index (χ1) is 9.58. The molecule has 0 aliphatic heterocycles. The van der Waals surface area contributed by atoms with Crippen molar-refractivity contribution < 1.29 is 14.3 Å². The highest BCUT2D eigenvalue weighted by Crippen LogP contribution is 2.30. The van der Waals surface area contributed by atoms with Crippen molar-refractivity contribution >= 4 is 55.4 Å². The third-order valence-electron chi connectivity index (χ3n) is 2.90. The predicted molar refractivity (Wildman–Crippen MR) is 88.0 cm³/mol. The van der Waals surface area contributed by atoms with E-state index < -0.39 is 0 Å². The van der Waals surface area contributed by atoms with E-state index in [0.717, 1.165) is 32.0 Å². The molecule has 0 unspecified atom stereocenters. The second-order valence-corrected chi connectivity index (χ2v) is 6.12. The second kappa shape index (κ2) is 6.86. The largest absolute Gasteiger partial charge is 0.465 e. The Morgan fingerprint density at radius 3 is 2.85 bits per heavy atom. The zero-order valence-corrected chi connectivity index (χ0v) is 14.9. The lowest BCUT2D eigenvalue weighted by atomic mass is 10.1. The summed E-state index contributed by atoms with van der Waals surface area (Å²) in [5, 5.41) is 5.48. The summed E-state index contributed by atoms with van der Waals surface area (Å²) in [7, 11) is 3.06. The number of aryl methyl sites for hydroxylation is 1. The van der Waals surface area contributed by atoms with Crippen LogP contribution in [0.2, 0.25) is 0 Å². The summed E-state index contributed by atoms with van der Waals surface area (Å²) in [6.45, 7) is 1.41. The van der Waals surface area contributed by atoms with Gasteiger partial charge >= 0.3 is 5.97 Å². The fourth-order valence-electron chi connectivity index (χ4n) is 1.97. The number of esters is 1. The molecule has 2 aromatic rings. The van der Waals surface area contributed by atoms with Crippen LogP contribution in [0.15, 0.2) is 16.7 Å². The van der Waals surface area contributed by atoms with E-state index in [2.05, 4.69) is 43.6 Å². The van der Waals surface area contributed by atoms with Gasteiger partial charge in [0.05, 0.1) is 18.2 Å². The molecular weight excluding hydrogens is 439 g/mol. The van der Waals surface area contributed by atoms with Crippen LogP contribution >= 0.6 is 38.5 Å². The van der Waals surface area contributed by atoms with E-state index in [1.54, 1.807) is 13.2 Å². The number of ether oxygens (including phenoxy) is 2. The zero-order valence-electron chi connectivity index (χ0n) is 11.2. The fourth-order valence-corrected chi connectivity index (χ4v) is 3.82. The van der Waals surface area contributed by atoms with Gasteiger partial charge in [0.1, 0.15) is 4.60 Å². The second-order valence-electron chi connectivity index (χ2n) is 4.20. The SMILES string of the molecule is COCCCn1nc(Br)c2c(I)cc(C(=O)OC)cc21. The van der Waals surface area contributed by atoms with Crippen LogP contribution in [0, 0.1) is 3.57 Å². The Hall–Kier alpha value is -0.670. The molecule has 1 heterocycles. The Balaban J connectivity index is 2.48. The maximum Gasteiger partial charge on any atom is 0.337 e. The maximum absolute atomic E-state index is 11.7. The van der Waals surface area contributed by atoms with E-state index in [0.29, 0.717) is 12.2 Å². The van der Waals surface area contributed by atoms with E-state index >= 15 is 0 Å². The minimum Gasteiger partial charge on any atom is -0.465 e. The minimum absolute atomic E-state index is 0.342. The van der Waals surface area contributed by atoms with Gasteiger partial charge in [-0.15, -0.1) is 0 Å². The van der Waals surface area contributed by atoms with Crippen LogP contribution in [0.25, 0.3) is 10.9 Å². The van der Waals surface area contributed by atoms with Crippen molar-refractivity contribution in [2.45, 2.75) is 13.0 Å². The summed E-state index contributed by atoms with van der Waals surface area (Å²) in [5.41, 5.74) is 1.45. The standard InChI is InChI=1S/C13H14BrIN2O3/c1-19-5-3-4-17-10-7-8(13(18)20-2)6-9(15)11(10)12(14)16-17/h6-7H,3-5H2,1-2H3. The Morgan fingerprint density at radius 1 is 1.45 bits per heavy atom. The Bertz CT molecular complexity index is 642. The monoisotopic (exact) mass is 452 g/mol. The Labute approximate surface area is 138 Å². The zero-order chi connectivity index (χ0) is 14.7. The number of methoxy groups -OCH3 is 2. The number of hydrogen-bond acceptors (Lipinski definition) is 4. The molecule has 1 aromatic carbocycles. The van der Waals surface area contributed by atoms with Gasteiger partial charge in [-0.25, -0.2) is 4.79 Å². The molecule has 20 heavy (non-hydrogen) atoms. The molecule has 108 valence electrons. The van der Waals surface area contributed by atoms with Crippen molar-refractivity contribution in [3.63, 3.8) is 0 Å². The summed E-state index contributed by atoms with van der Waals surface area (Å²) >= 11 is 5.67. The molecule has 1 aromatic heterocycles. The highest BCUT2D eigenvalue weighted by atomic mass is 127. The molecule has 0 N–H and O–H groups in total. The molecular formula is C13H14BrIN2O3. The molecule has 0 saturated heterocycles. The van der Waals surface area contributed by atoms with Crippen molar-refractivity contribution in [3.05, 3.63) is 25.9 Å². The van der Waals surface area contributed by atoms with Crippen LogP contribution in [0.5, 0.6) is 0 Å². The topological polar surface area (TPSA) is 53.4 Å². The summed E-state index contributed by atoms with van der Waals surface area (Å²) in [6, 6.07) is 3.62. The van der Waals surface area contributed by atoms with Gasteiger partial charge in [-0.05, 0) is 57.1 Å². The third-order valence-corrected chi connectivity index (χ3v) is 4.31. The summed E-state index contributed by atoms with van der Waals surface area (Å²) in [6.07, 6.45) is 0.860. The molecule has 0 saturated carbocycles. The van der Waals surface area contributed by atoms with Crippen LogP contribution < -0.4 is 0 Å². The number of aromatic nitrogens is 2. The first-order valence-corrected chi connectivity index (χ1v) is 7.88. The highest BCUT2D eigenvalue weighted by Gasteiger charge is 2.16. The number of halogens is 2. The van der Waals surface area contributed by atoms with Crippen LogP contribution in [-0.4, -0.2) is 36.6 Å². The van der Waals surface area contributed by atoms with E-state index in [-0.39, 0.29) is 5.97 Å². The smallest absolute Gasteiger partial charge is 0.337 e. The average molecular weight is 453 g/mol. The number of fused-ring (bicyclic) bond motifs is 1. The molecule has 5 nitrogen and oxygen atoms in total. The van der Waals surface area contributed by atoms with Crippen molar-refractivity contribution in [1.82, 2.24) is 9.78 Å². The quantitative estimate of drug-likeness (QED) is 0.397. The lowest BCUT2D eigenvalue weighted by Gasteiger charge is -2.05. The predicted octanol–water partition coefficient (Wildman–Crippen LogP) is 3.23. The molecule has 0 atom stereocenters. The van der Waals surface area contributed by atoms with Crippen LogP contribution in [-0.2, 0) is 16.0 Å². The summed E-state index contributed by atoms with van der Waals surface area (Å²) in [5.74, 6) is -0.342. The van der Waals surface area contributed by atoms with Gasteiger partial charge in [-0.2, -0.15) is 5.10 Å². The molecule has 0 aliphatic rings. The Morgan fingerprint density at radius 2 is 2.20 bits per heavy atom. The lowest BCUT2D eigenvalue weighted by Crippen LogP contribution is -2.05. The van der Waals surface area contributed by atoms with Crippen molar-refractivity contribution in [2.75, 3.05) is 20.8 Å². The summed E-state index contributed by atoms with van der Waals surface area (Å²) < 4.78 is 13.5. The van der Waals surface area contributed by atoms with Gasteiger partial charge < -0.3 is 9.47 Å². The first-order valence-electron chi connectivity index (χ1n) is 6.01.